The van der Waals surface area contributed by atoms with Crippen LogP contribution in [0, 0.1) is 11.8 Å². The third kappa shape index (κ3) is 1.33. The molecule has 2 amide bonds. The fourth-order valence-electron chi connectivity index (χ4n) is 2.07. The van der Waals surface area contributed by atoms with Crippen molar-refractivity contribution in [3.63, 3.8) is 0 Å². The zero-order valence-corrected chi connectivity index (χ0v) is 7.52. The Morgan fingerprint density at radius 2 is 1.42 bits per heavy atom. The van der Waals surface area contributed by atoms with Crippen molar-refractivity contribution in [3.8, 4) is 0 Å². The lowest BCUT2D eigenvalue weighted by Crippen LogP contribution is -2.21. The molecule has 1 heterocycles. The lowest BCUT2D eigenvalue weighted by atomic mass is 9.81. The molecule has 4 heteroatoms. The van der Waals surface area contributed by atoms with Gasteiger partial charge in [0.2, 0.25) is 11.8 Å². The van der Waals surface area contributed by atoms with Gasteiger partial charge in [0.15, 0.2) is 0 Å². The second-order valence-electron chi connectivity index (χ2n) is 3.35. The fourth-order valence-corrected chi connectivity index (χ4v) is 2.07. The topological polar surface area (TPSA) is 46.2 Å². The Balaban J connectivity index is 0.000000720. The van der Waals surface area contributed by atoms with Crippen molar-refractivity contribution in [3.05, 3.63) is 0 Å². The molecule has 1 saturated heterocycles. The largest absolute Gasteiger partial charge is 0.296 e. The first kappa shape index (κ1) is 9.52. The van der Waals surface area contributed by atoms with Crippen LogP contribution < -0.4 is 5.32 Å². The summed E-state index contributed by atoms with van der Waals surface area (Å²) in [5.74, 6) is -0.0631. The van der Waals surface area contributed by atoms with E-state index < -0.39 is 0 Å². The molecule has 3 nitrogen and oxygen atoms in total. The molecule has 0 spiro atoms. The van der Waals surface area contributed by atoms with Gasteiger partial charge in [-0.05, 0) is 12.8 Å². The molecule has 1 N–H and O–H groups in total. The summed E-state index contributed by atoms with van der Waals surface area (Å²) in [5.41, 5.74) is 0. The average Bonchev–Trinajstić information content (AvgIpc) is 2.30. The van der Waals surface area contributed by atoms with Gasteiger partial charge in [0, 0.05) is 11.8 Å². The first-order chi connectivity index (χ1) is 5.29. The molecule has 1 aliphatic carbocycles. The summed E-state index contributed by atoms with van der Waals surface area (Å²) in [6.45, 7) is 0. The SMILES string of the molecule is Cl.O=C1NC(=O)C2CCCCC12. The molecule has 1 saturated carbocycles. The standard InChI is InChI=1S/C8H11NO2.ClH/c10-7-5-3-1-2-4-6(5)8(11)9-7;/h5-6H,1-4H2,(H,9,10,11);1H. The summed E-state index contributed by atoms with van der Waals surface area (Å²) in [6.07, 6.45) is 4.01. The van der Waals surface area contributed by atoms with E-state index in [1.165, 1.54) is 0 Å². The number of halogens is 1. The molecule has 2 rings (SSSR count). The van der Waals surface area contributed by atoms with E-state index in [1.807, 2.05) is 0 Å². The van der Waals surface area contributed by atoms with E-state index in [1.54, 1.807) is 0 Å². The molecule has 0 radical (unpaired) electrons. The highest BCUT2D eigenvalue weighted by Crippen LogP contribution is 2.33. The second-order valence-corrected chi connectivity index (χ2v) is 3.35. The summed E-state index contributed by atoms with van der Waals surface area (Å²) in [7, 11) is 0. The van der Waals surface area contributed by atoms with Crippen LogP contribution in [0.4, 0.5) is 0 Å². The van der Waals surface area contributed by atoms with Crippen molar-refractivity contribution >= 4 is 24.2 Å². The smallest absolute Gasteiger partial charge is 0.230 e. The van der Waals surface area contributed by atoms with Crippen LogP contribution in [0.25, 0.3) is 0 Å². The molecule has 68 valence electrons. The lowest BCUT2D eigenvalue weighted by molar-refractivity contribution is -0.126. The van der Waals surface area contributed by atoms with E-state index in [2.05, 4.69) is 5.32 Å². The highest BCUT2D eigenvalue weighted by Gasteiger charge is 2.42. The minimum absolute atomic E-state index is 0. The van der Waals surface area contributed by atoms with Crippen LogP contribution in [0.15, 0.2) is 0 Å². The van der Waals surface area contributed by atoms with Crippen LogP contribution in [-0.4, -0.2) is 11.8 Å². The molecule has 0 aromatic heterocycles. The predicted molar refractivity (Wildman–Crippen MR) is 45.8 cm³/mol. The van der Waals surface area contributed by atoms with Gasteiger partial charge in [-0.3, -0.25) is 14.9 Å². The van der Waals surface area contributed by atoms with Crippen molar-refractivity contribution in [2.75, 3.05) is 0 Å². The van der Waals surface area contributed by atoms with Gasteiger partial charge in [0.25, 0.3) is 0 Å². The Labute approximate surface area is 77.3 Å². The van der Waals surface area contributed by atoms with Crippen LogP contribution in [-0.2, 0) is 9.59 Å². The van der Waals surface area contributed by atoms with Crippen molar-refractivity contribution in [1.29, 1.82) is 0 Å². The van der Waals surface area contributed by atoms with Gasteiger partial charge >= 0.3 is 0 Å². The number of amides is 2. The Kier molecular flexibility index (Phi) is 2.73. The number of nitrogens with one attached hydrogen (secondary N) is 1. The third-order valence-corrected chi connectivity index (χ3v) is 2.69. The molecular formula is C8H12ClNO2. The van der Waals surface area contributed by atoms with Crippen molar-refractivity contribution in [2.24, 2.45) is 11.8 Å². The molecule has 2 unspecified atom stereocenters. The number of hydrogen-bond donors (Lipinski definition) is 1. The molecule has 2 atom stereocenters. The quantitative estimate of drug-likeness (QED) is 0.575. The Morgan fingerprint density at radius 1 is 1.00 bits per heavy atom. The summed E-state index contributed by atoms with van der Waals surface area (Å²) >= 11 is 0. The van der Waals surface area contributed by atoms with Gasteiger partial charge in [-0.25, -0.2) is 0 Å². The highest BCUT2D eigenvalue weighted by atomic mass is 35.5. The number of carbonyl (C=O) groups is 2. The first-order valence-electron chi connectivity index (χ1n) is 4.14. The molecule has 0 bridgehead atoms. The maximum Gasteiger partial charge on any atom is 0.230 e. The maximum absolute atomic E-state index is 11.1. The Morgan fingerprint density at radius 3 is 1.83 bits per heavy atom. The normalized spacial score (nSPS) is 33.7. The number of carbonyl (C=O) groups excluding carboxylic acids is 2. The zero-order chi connectivity index (χ0) is 7.84. The van der Waals surface area contributed by atoms with Crippen LogP contribution in [0.2, 0.25) is 0 Å². The number of rotatable bonds is 0. The van der Waals surface area contributed by atoms with Gasteiger partial charge in [0.05, 0.1) is 0 Å². The summed E-state index contributed by atoms with van der Waals surface area (Å²) in [6, 6.07) is 0. The fraction of sp³-hybridized carbons (Fsp3) is 0.750. The molecular weight excluding hydrogens is 178 g/mol. The van der Waals surface area contributed by atoms with Crippen LogP contribution >= 0.6 is 12.4 Å². The summed E-state index contributed by atoms with van der Waals surface area (Å²) in [5, 5.41) is 2.38. The van der Waals surface area contributed by atoms with E-state index in [9.17, 15) is 9.59 Å². The first-order valence-corrected chi connectivity index (χ1v) is 4.14. The maximum atomic E-state index is 11.1. The van der Waals surface area contributed by atoms with E-state index >= 15 is 0 Å². The minimum Gasteiger partial charge on any atom is -0.296 e. The zero-order valence-electron chi connectivity index (χ0n) is 6.71. The molecule has 0 aromatic rings. The van der Waals surface area contributed by atoms with Crippen molar-refractivity contribution < 1.29 is 9.59 Å². The minimum atomic E-state index is -0.0419. The molecule has 2 fully saturated rings. The molecule has 1 aliphatic heterocycles. The van der Waals surface area contributed by atoms with E-state index in [4.69, 9.17) is 0 Å². The number of imide groups is 1. The number of hydrogen-bond acceptors (Lipinski definition) is 2. The Hall–Kier alpha value is -0.570. The van der Waals surface area contributed by atoms with Gasteiger partial charge in [-0.15, -0.1) is 12.4 Å². The summed E-state index contributed by atoms with van der Waals surface area (Å²) < 4.78 is 0. The average molecular weight is 190 g/mol. The van der Waals surface area contributed by atoms with Crippen LogP contribution in [0.3, 0.4) is 0 Å². The van der Waals surface area contributed by atoms with Gasteiger partial charge in [-0.2, -0.15) is 0 Å². The Bertz CT molecular complexity index is 195. The van der Waals surface area contributed by atoms with Gasteiger partial charge < -0.3 is 0 Å². The van der Waals surface area contributed by atoms with Crippen LogP contribution in [0.5, 0.6) is 0 Å². The molecule has 0 aromatic carbocycles. The predicted octanol–water partition coefficient (Wildman–Crippen LogP) is 0.871. The van der Waals surface area contributed by atoms with Crippen LogP contribution in [0.1, 0.15) is 25.7 Å². The van der Waals surface area contributed by atoms with Crippen molar-refractivity contribution in [2.45, 2.75) is 25.7 Å². The monoisotopic (exact) mass is 189 g/mol. The van der Waals surface area contributed by atoms with Gasteiger partial charge in [-0.1, -0.05) is 12.8 Å². The second kappa shape index (κ2) is 3.44. The third-order valence-electron chi connectivity index (χ3n) is 2.69. The summed E-state index contributed by atoms with van der Waals surface area (Å²) in [4.78, 5) is 22.2. The van der Waals surface area contributed by atoms with E-state index in [0.29, 0.717) is 0 Å². The molecule has 12 heavy (non-hydrogen) atoms. The lowest BCUT2D eigenvalue weighted by Gasteiger charge is -2.19. The van der Waals surface area contributed by atoms with E-state index in [-0.39, 0.29) is 36.1 Å². The van der Waals surface area contributed by atoms with Gasteiger partial charge in [0.1, 0.15) is 0 Å². The highest BCUT2D eigenvalue weighted by molar-refractivity contribution is 6.05. The van der Waals surface area contributed by atoms with E-state index in [0.717, 1.165) is 25.7 Å². The number of fused-ring (bicyclic) bond motifs is 1. The van der Waals surface area contributed by atoms with Crippen molar-refractivity contribution in [1.82, 2.24) is 5.32 Å². The molecule has 2 aliphatic rings.